The zero-order valence-electron chi connectivity index (χ0n) is 10.6. The van der Waals surface area contributed by atoms with Gasteiger partial charge in [-0.3, -0.25) is 4.90 Å². The summed E-state index contributed by atoms with van der Waals surface area (Å²) in [5, 5.41) is 3.53. The Hall–Kier alpha value is 0.270. The Morgan fingerprint density at radius 1 is 1.13 bits per heavy atom. The number of hydrogen-bond acceptors (Lipinski definition) is 3. The van der Waals surface area contributed by atoms with E-state index in [9.17, 15) is 0 Å². The highest BCUT2D eigenvalue weighted by Crippen LogP contribution is 2.16. The number of nitrogens with one attached hydrogen (secondary N) is 1. The van der Waals surface area contributed by atoms with Crippen molar-refractivity contribution in [3.63, 3.8) is 0 Å². The van der Waals surface area contributed by atoms with Crippen LogP contribution in [0.25, 0.3) is 0 Å². The first-order valence-corrected chi connectivity index (χ1v) is 7.32. The molecule has 1 N–H and O–H groups in total. The molecular weight excluding hydrogens is 204 g/mol. The van der Waals surface area contributed by atoms with Crippen molar-refractivity contribution in [2.75, 3.05) is 31.1 Å². The van der Waals surface area contributed by atoms with Crippen LogP contribution in [-0.4, -0.2) is 48.1 Å². The Bertz CT molecular complexity index is 167. The molecule has 2 unspecified atom stereocenters. The van der Waals surface area contributed by atoms with Gasteiger partial charge in [-0.1, -0.05) is 20.8 Å². The van der Waals surface area contributed by atoms with Crippen LogP contribution in [0.3, 0.4) is 0 Å². The lowest BCUT2D eigenvalue weighted by molar-refractivity contribution is 0.173. The van der Waals surface area contributed by atoms with Gasteiger partial charge in [0.25, 0.3) is 0 Å². The van der Waals surface area contributed by atoms with Crippen LogP contribution in [0.2, 0.25) is 0 Å². The number of thioether (sulfide) groups is 1. The van der Waals surface area contributed by atoms with E-state index in [1.165, 1.54) is 24.6 Å². The third kappa shape index (κ3) is 4.75. The van der Waals surface area contributed by atoms with Gasteiger partial charge in [0, 0.05) is 36.7 Å². The van der Waals surface area contributed by atoms with Crippen LogP contribution < -0.4 is 5.32 Å². The van der Waals surface area contributed by atoms with Gasteiger partial charge in [0.2, 0.25) is 0 Å². The fraction of sp³-hybridized carbons (Fsp3) is 1.00. The Balaban J connectivity index is 2.27. The molecule has 0 bridgehead atoms. The van der Waals surface area contributed by atoms with Crippen molar-refractivity contribution in [1.82, 2.24) is 10.2 Å². The van der Waals surface area contributed by atoms with E-state index in [0.717, 1.165) is 18.5 Å². The Morgan fingerprint density at radius 2 is 1.73 bits per heavy atom. The molecule has 3 heteroatoms. The molecule has 0 aliphatic carbocycles. The molecule has 0 spiro atoms. The maximum Gasteiger partial charge on any atom is 0.0105 e. The van der Waals surface area contributed by atoms with E-state index in [1.807, 2.05) is 0 Å². The van der Waals surface area contributed by atoms with Crippen LogP contribution in [0.1, 0.15) is 27.7 Å². The molecule has 1 rings (SSSR count). The molecule has 0 aromatic heterocycles. The first kappa shape index (κ1) is 13.3. The van der Waals surface area contributed by atoms with Gasteiger partial charge < -0.3 is 5.32 Å². The number of nitrogens with zero attached hydrogens (tertiary/aromatic N) is 1. The van der Waals surface area contributed by atoms with E-state index in [2.05, 4.69) is 49.7 Å². The van der Waals surface area contributed by atoms with Crippen molar-refractivity contribution in [2.45, 2.75) is 39.8 Å². The molecule has 0 radical (unpaired) electrons. The van der Waals surface area contributed by atoms with Crippen LogP contribution >= 0.6 is 11.8 Å². The Kier molecular flexibility index (Phi) is 6.02. The summed E-state index contributed by atoms with van der Waals surface area (Å²) in [6, 6.07) is 1.33. The van der Waals surface area contributed by atoms with E-state index in [-0.39, 0.29) is 0 Å². The zero-order chi connectivity index (χ0) is 11.3. The average Bonchev–Trinajstić information content (AvgIpc) is 2.26. The molecule has 1 saturated heterocycles. The summed E-state index contributed by atoms with van der Waals surface area (Å²) in [6.45, 7) is 12.9. The molecule has 0 aromatic rings. The monoisotopic (exact) mass is 230 g/mol. The van der Waals surface area contributed by atoms with Gasteiger partial charge >= 0.3 is 0 Å². The third-order valence-electron chi connectivity index (χ3n) is 3.29. The van der Waals surface area contributed by atoms with Crippen LogP contribution in [-0.2, 0) is 0 Å². The minimum atomic E-state index is 0.608. The molecule has 0 saturated carbocycles. The molecule has 90 valence electrons. The van der Waals surface area contributed by atoms with Gasteiger partial charge in [-0.15, -0.1) is 0 Å². The van der Waals surface area contributed by atoms with Crippen molar-refractivity contribution >= 4 is 11.8 Å². The predicted molar refractivity (Wildman–Crippen MR) is 70.7 cm³/mol. The highest BCUT2D eigenvalue weighted by Gasteiger charge is 2.21. The van der Waals surface area contributed by atoms with E-state index in [1.54, 1.807) is 0 Å². The molecule has 1 heterocycles. The maximum absolute atomic E-state index is 3.53. The SMILES string of the molecule is CC(C)NCC(C)C(C)N1CCSCC1. The lowest BCUT2D eigenvalue weighted by Gasteiger charge is -2.36. The molecule has 15 heavy (non-hydrogen) atoms. The van der Waals surface area contributed by atoms with Crippen molar-refractivity contribution in [2.24, 2.45) is 5.92 Å². The van der Waals surface area contributed by atoms with Crippen LogP contribution in [0.5, 0.6) is 0 Å². The summed E-state index contributed by atoms with van der Waals surface area (Å²) in [6.07, 6.45) is 0. The third-order valence-corrected chi connectivity index (χ3v) is 4.24. The van der Waals surface area contributed by atoms with E-state index in [0.29, 0.717) is 6.04 Å². The first-order valence-electron chi connectivity index (χ1n) is 6.16. The van der Waals surface area contributed by atoms with Gasteiger partial charge in [0.1, 0.15) is 0 Å². The van der Waals surface area contributed by atoms with Crippen LogP contribution in [0, 0.1) is 5.92 Å². The fourth-order valence-electron chi connectivity index (χ4n) is 1.94. The molecule has 1 aliphatic rings. The van der Waals surface area contributed by atoms with Crippen molar-refractivity contribution in [3.05, 3.63) is 0 Å². The van der Waals surface area contributed by atoms with Crippen molar-refractivity contribution in [1.29, 1.82) is 0 Å². The second-order valence-electron chi connectivity index (χ2n) is 4.93. The van der Waals surface area contributed by atoms with Gasteiger partial charge in [0.05, 0.1) is 0 Å². The molecule has 0 aromatic carbocycles. The maximum atomic E-state index is 3.53. The van der Waals surface area contributed by atoms with Crippen molar-refractivity contribution < 1.29 is 0 Å². The molecule has 1 fully saturated rings. The second-order valence-corrected chi connectivity index (χ2v) is 6.15. The summed E-state index contributed by atoms with van der Waals surface area (Å²) in [7, 11) is 0. The molecular formula is C12H26N2S. The van der Waals surface area contributed by atoms with E-state index in [4.69, 9.17) is 0 Å². The van der Waals surface area contributed by atoms with Gasteiger partial charge in [0.15, 0.2) is 0 Å². The van der Waals surface area contributed by atoms with Gasteiger partial charge in [-0.2, -0.15) is 11.8 Å². The molecule has 2 atom stereocenters. The smallest absolute Gasteiger partial charge is 0.0105 e. The largest absolute Gasteiger partial charge is 0.314 e. The van der Waals surface area contributed by atoms with Gasteiger partial charge in [-0.05, 0) is 19.4 Å². The Morgan fingerprint density at radius 3 is 2.27 bits per heavy atom. The zero-order valence-corrected chi connectivity index (χ0v) is 11.4. The topological polar surface area (TPSA) is 15.3 Å². The lowest BCUT2D eigenvalue weighted by Crippen LogP contribution is -2.45. The number of rotatable bonds is 5. The summed E-state index contributed by atoms with van der Waals surface area (Å²) in [5.74, 6) is 3.37. The summed E-state index contributed by atoms with van der Waals surface area (Å²) in [5.41, 5.74) is 0. The molecule has 1 aliphatic heterocycles. The predicted octanol–water partition coefficient (Wildman–Crippen LogP) is 2.06. The highest BCUT2D eigenvalue weighted by molar-refractivity contribution is 7.99. The van der Waals surface area contributed by atoms with Crippen LogP contribution in [0.15, 0.2) is 0 Å². The fourth-order valence-corrected chi connectivity index (χ4v) is 2.87. The standard InChI is InChI=1S/C12H26N2S/c1-10(2)13-9-11(3)12(4)14-5-7-15-8-6-14/h10-13H,5-9H2,1-4H3. The van der Waals surface area contributed by atoms with Crippen molar-refractivity contribution in [3.8, 4) is 0 Å². The normalized spacial score (nSPS) is 23.0. The van der Waals surface area contributed by atoms with E-state index >= 15 is 0 Å². The molecule has 2 nitrogen and oxygen atoms in total. The number of hydrogen-bond donors (Lipinski definition) is 1. The van der Waals surface area contributed by atoms with E-state index < -0.39 is 0 Å². The summed E-state index contributed by atoms with van der Waals surface area (Å²) < 4.78 is 0. The summed E-state index contributed by atoms with van der Waals surface area (Å²) in [4.78, 5) is 2.64. The highest BCUT2D eigenvalue weighted by atomic mass is 32.2. The Labute approximate surface area is 99.2 Å². The van der Waals surface area contributed by atoms with Crippen LogP contribution in [0.4, 0.5) is 0 Å². The minimum Gasteiger partial charge on any atom is -0.314 e. The minimum absolute atomic E-state index is 0.608. The summed E-state index contributed by atoms with van der Waals surface area (Å²) >= 11 is 2.09. The lowest BCUT2D eigenvalue weighted by atomic mass is 10.0. The quantitative estimate of drug-likeness (QED) is 0.778. The first-order chi connectivity index (χ1) is 7.11. The molecule has 0 amide bonds. The second kappa shape index (κ2) is 6.77. The van der Waals surface area contributed by atoms with Gasteiger partial charge in [-0.25, -0.2) is 0 Å². The average molecular weight is 230 g/mol.